The van der Waals surface area contributed by atoms with Crippen LogP contribution in [0.2, 0.25) is 0 Å². The van der Waals surface area contributed by atoms with Gasteiger partial charge in [0.25, 0.3) is 0 Å². The van der Waals surface area contributed by atoms with E-state index in [1.54, 1.807) is 0 Å². The molecule has 1 fully saturated rings. The minimum Gasteiger partial charge on any atom is -0.359 e. The quantitative estimate of drug-likeness (QED) is 0.434. The molecule has 4 heterocycles. The lowest BCUT2D eigenvalue weighted by atomic mass is 9.87. The summed E-state index contributed by atoms with van der Waals surface area (Å²) in [5.41, 5.74) is 3.14. The fraction of sp³-hybridized carbons (Fsp3) is 0.400. The average molecular weight is 346 g/mol. The van der Waals surface area contributed by atoms with Crippen molar-refractivity contribution in [2.75, 3.05) is 13.1 Å². The molecule has 0 amide bonds. The van der Waals surface area contributed by atoms with Crippen molar-refractivity contribution >= 4 is 27.8 Å². The number of fused-ring (bicyclic) bond motifs is 3. The number of aromatic amines is 1. The molecule has 0 saturated carbocycles. The first-order valence-corrected chi connectivity index (χ1v) is 9.11. The molecule has 0 spiro atoms. The predicted molar refractivity (Wildman–Crippen MR) is 103 cm³/mol. The zero-order valence-electron chi connectivity index (χ0n) is 15.1. The molecular weight excluding hydrogens is 324 g/mol. The number of H-pyrrole nitrogens is 1. The van der Waals surface area contributed by atoms with Gasteiger partial charge in [0.2, 0.25) is 6.19 Å². The van der Waals surface area contributed by atoms with Gasteiger partial charge in [0.1, 0.15) is 11.5 Å². The number of piperidine rings is 1. The molecule has 0 radical (unpaired) electrons. The van der Waals surface area contributed by atoms with Crippen LogP contribution in [0, 0.1) is 17.4 Å². The Labute approximate surface area is 152 Å². The number of rotatable bonds is 2. The number of hydrogen-bond donors (Lipinski definition) is 1. The summed E-state index contributed by atoms with van der Waals surface area (Å²) in [7, 11) is 0. The topological polar surface area (TPSA) is 81.0 Å². The third-order valence-corrected chi connectivity index (χ3v) is 5.19. The Morgan fingerprint density at radius 1 is 1.38 bits per heavy atom. The van der Waals surface area contributed by atoms with Gasteiger partial charge in [-0.1, -0.05) is 13.8 Å². The molecule has 0 bridgehead atoms. The van der Waals surface area contributed by atoms with Crippen molar-refractivity contribution in [1.82, 2.24) is 19.9 Å². The molecule has 1 aliphatic rings. The van der Waals surface area contributed by atoms with Crippen molar-refractivity contribution in [2.45, 2.75) is 32.6 Å². The summed E-state index contributed by atoms with van der Waals surface area (Å²) >= 11 is 0. The lowest BCUT2D eigenvalue weighted by molar-refractivity contribution is 0.300. The molecule has 1 aliphatic heterocycles. The van der Waals surface area contributed by atoms with Crippen LogP contribution in [0.1, 0.15) is 38.2 Å². The fourth-order valence-corrected chi connectivity index (χ4v) is 4.08. The molecule has 1 saturated heterocycles. The summed E-state index contributed by atoms with van der Waals surface area (Å²) < 4.78 is 0. The minimum atomic E-state index is 0.239. The number of aliphatic imine (C=N–C) groups is 1. The molecule has 1 atom stereocenters. The second-order valence-electron chi connectivity index (χ2n) is 7.17. The van der Waals surface area contributed by atoms with Crippen molar-refractivity contribution in [1.29, 1.82) is 5.26 Å². The maximum Gasteiger partial charge on any atom is 0.207 e. The van der Waals surface area contributed by atoms with Crippen molar-refractivity contribution in [3.63, 3.8) is 0 Å². The van der Waals surface area contributed by atoms with Gasteiger partial charge in [0, 0.05) is 48.1 Å². The Balaban J connectivity index is 1.77. The molecule has 4 rings (SSSR count). The van der Waals surface area contributed by atoms with Crippen LogP contribution in [0.4, 0.5) is 0 Å². The highest BCUT2D eigenvalue weighted by molar-refractivity contribution is 6.05. The highest BCUT2D eigenvalue weighted by atomic mass is 15.2. The van der Waals surface area contributed by atoms with Gasteiger partial charge in [-0.2, -0.15) is 10.3 Å². The van der Waals surface area contributed by atoms with E-state index in [1.807, 2.05) is 24.8 Å². The van der Waals surface area contributed by atoms with E-state index in [-0.39, 0.29) is 5.92 Å². The molecule has 0 unspecified atom stereocenters. The number of nitrogens with zero attached hydrogens (tertiary/aromatic N) is 5. The van der Waals surface area contributed by atoms with Gasteiger partial charge in [-0.3, -0.25) is 4.98 Å². The molecule has 0 aromatic carbocycles. The number of pyridine rings is 2. The second kappa shape index (κ2) is 6.75. The molecule has 26 heavy (non-hydrogen) atoms. The van der Waals surface area contributed by atoms with Gasteiger partial charge in [0.15, 0.2) is 0 Å². The number of nitriles is 1. The summed E-state index contributed by atoms with van der Waals surface area (Å²) in [6.07, 6.45) is 9.84. The molecule has 6 heteroatoms. The van der Waals surface area contributed by atoms with Gasteiger partial charge >= 0.3 is 0 Å². The molecule has 1 N–H and O–H groups in total. The van der Waals surface area contributed by atoms with E-state index < -0.39 is 0 Å². The normalized spacial score (nSPS) is 18.6. The molecule has 0 aliphatic carbocycles. The van der Waals surface area contributed by atoms with Crippen LogP contribution in [-0.2, 0) is 0 Å². The van der Waals surface area contributed by atoms with Gasteiger partial charge in [-0.05, 0) is 30.5 Å². The van der Waals surface area contributed by atoms with E-state index in [0.29, 0.717) is 5.92 Å². The SMILES string of the molecule is CC(C)/C(=N\C#N)N1CCC[C@@H](c2ccnc3cnc4[nH]ccc4c23)C1. The smallest absolute Gasteiger partial charge is 0.207 e. The fourth-order valence-electron chi connectivity index (χ4n) is 4.08. The van der Waals surface area contributed by atoms with Crippen molar-refractivity contribution in [3.8, 4) is 6.19 Å². The van der Waals surface area contributed by atoms with Crippen LogP contribution < -0.4 is 0 Å². The predicted octanol–water partition coefficient (Wildman–Crippen LogP) is 3.83. The highest BCUT2D eigenvalue weighted by Crippen LogP contribution is 2.34. The maximum absolute atomic E-state index is 9.05. The van der Waals surface area contributed by atoms with Crippen LogP contribution in [-0.4, -0.2) is 38.8 Å². The van der Waals surface area contributed by atoms with E-state index in [9.17, 15) is 0 Å². The van der Waals surface area contributed by atoms with Gasteiger partial charge in [-0.15, -0.1) is 0 Å². The van der Waals surface area contributed by atoms with Gasteiger partial charge < -0.3 is 9.88 Å². The summed E-state index contributed by atoms with van der Waals surface area (Å²) in [5.74, 6) is 1.52. The van der Waals surface area contributed by atoms with Crippen molar-refractivity contribution in [3.05, 3.63) is 36.3 Å². The van der Waals surface area contributed by atoms with Crippen molar-refractivity contribution < 1.29 is 0 Å². The maximum atomic E-state index is 9.05. The Morgan fingerprint density at radius 2 is 2.27 bits per heavy atom. The van der Waals surface area contributed by atoms with E-state index in [1.165, 1.54) is 10.9 Å². The van der Waals surface area contributed by atoms with Crippen LogP contribution in [0.5, 0.6) is 0 Å². The van der Waals surface area contributed by atoms with Crippen LogP contribution in [0.3, 0.4) is 0 Å². The summed E-state index contributed by atoms with van der Waals surface area (Å²) in [6, 6.07) is 4.21. The Hall–Kier alpha value is -2.94. The minimum absolute atomic E-state index is 0.239. The Kier molecular flexibility index (Phi) is 4.29. The first-order chi connectivity index (χ1) is 12.7. The van der Waals surface area contributed by atoms with Crippen LogP contribution in [0.15, 0.2) is 35.7 Å². The van der Waals surface area contributed by atoms with Crippen LogP contribution >= 0.6 is 0 Å². The molecule has 132 valence electrons. The Bertz CT molecular complexity index is 1010. The van der Waals surface area contributed by atoms with E-state index in [4.69, 9.17) is 5.26 Å². The average Bonchev–Trinajstić information content (AvgIpc) is 3.14. The number of aromatic nitrogens is 3. The molecular formula is C20H22N6. The molecule has 3 aromatic rings. The highest BCUT2D eigenvalue weighted by Gasteiger charge is 2.26. The summed E-state index contributed by atoms with van der Waals surface area (Å²) in [6.45, 7) is 6.03. The Morgan fingerprint density at radius 3 is 3.08 bits per heavy atom. The number of amidine groups is 1. The lowest BCUT2D eigenvalue weighted by Gasteiger charge is -2.36. The van der Waals surface area contributed by atoms with E-state index in [2.05, 4.69) is 50.8 Å². The molecule has 6 nitrogen and oxygen atoms in total. The third kappa shape index (κ3) is 2.80. The van der Waals surface area contributed by atoms with Crippen molar-refractivity contribution in [2.24, 2.45) is 10.9 Å². The second-order valence-corrected chi connectivity index (χ2v) is 7.17. The van der Waals surface area contributed by atoms with Gasteiger partial charge in [-0.25, -0.2) is 4.98 Å². The first-order valence-electron chi connectivity index (χ1n) is 9.11. The van der Waals surface area contributed by atoms with Gasteiger partial charge in [0.05, 0.1) is 11.7 Å². The number of hydrogen-bond acceptors (Lipinski definition) is 4. The monoisotopic (exact) mass is 346 g/mol. The number of likely N-dealkylation sites (tertiary alicyclic amines) is 1. The summed E-state index contributed by atoms with van der Waals surface area (Å²) in [4.78, 5) is 18.6. The largest absolute Gasteiger partial charge is 0.359 e. The number of nitrogens with one attached hydrogen (secondary N) is 1. The standard InChI is InChI=1S/C20H22N6/c1-13(2)20(25-12-21)26-9-3-4-14(11-26)15-5-7-22-17-10-24-19-16(18(15)17)6-8-23-19/h5-8,10,13-14H,3-4,9,11H2,1-2H3,(H,23,24)/b25-20+/t14-/m1/s1. The lowest BCUT2D eigenvalue weighted by Crippen LogP contribution is -2.41. The van der Waals surface area contributed by atoms with E-state index >= 15 is 0 Å². The molecule has 3 aromatic heterocycles. The summed E-state index contributed by atoms with van der Waals surface area (Å²) in [5, 5.41) is 11.4. The van der Waals surface area contributed by atoms with E-state index in [0.717, 1.165) is 48.3 Å². The zero-order valence-corrected chi connectivity index (χ0v) is 15.1. The zero-order chi connectivity index (χ0) is 18.1. The third-order valence-electron chi connectivity index (χ3n) is 5.19. The first kappa shape index (κ1) is 16.5. The van der Waals surface area contributed by atoms with Crippen LogP contribution in [0.25, 0.3) is 21.9 Å².